The summed E-state index contributed by atoms with van der Waals surface area (Å²) in [6.45, 7) is 2.10. The Kier molecular flexibility index (Phi) is 4.18. The second kappa shape index (κ2) is 5.65. The topological polar surface area (TPSA) is 38.3 Å². The first-order valence-corrected chi connectivity index (χ1v) is 7.50. The lowest BCUT2D eigenvalue weighted by atomic mass is 9.90. The predicted octanol–water partition coefficient (Wildman–Crippen LogP) is 1.90. The number of hydrogen-bond acceptors (Lipinski definition) is 3. The zero-order chi connectivity index (χ0) is 12.3. The molecule has 1 fully saturated rings. The molecule has 0 radical (unpaired) electrons. The van der Waals surface area contributed by atoms with Crippen LogP contribution in [0.1, 0.15) is 24.3 Å². The number of hydrogen-bond donors (Lipinski definition) is 1. The normalized spacial score (nSPS) is 18.9. The van der Waals surface area contributed by atoms with Crippen molar-refractivity contribution < 1.29 is 8.95 Å². The van der Waals surface area contributed by atoms with E-state index in [2.05, 4.69) is 11.4 Å². The Bertz CT molecular complexity index is 414. The van der Waals surface area contributed by atoms with Crippen molar-refractivity contribution in [2.75, 3.05) is 26.5 Å². The molecule has 1 aromatic rings. The largest absolute Gasteiger partial charge is 0.497 e. The van der Waals surface area contributed by atoms with Gasteiger partial charge in [-0.1, -0.05) is 6.07 Å². The van der Waals surface area contributed by atoms with Gasteiger partial charge in [0.2, 0.25) is 0 Å². The van der Waals surface area contributed by atoms with Crippen LogP contribution in [0.3, 0.4) is 0 Å². The van der Waals surface area contributed by atoms with Crippen LogP contribution in [0.4, 0.5) is 0 Å². The molecule has 0 bridgehead atoms. The Balaban J connectivity index is 2.34. The van der Waals surface area contributed by atoms with Gasteiger partial charge in [0, 0.05) is 11.2 Å². The quantitative estimate of drug-likeness (QED) is 0.894. The Morgan fingerprint density at radius 1 is 1.35 bits per heavy atom. The summed E-state index contributed by atoms with van der Waals surface area (Å²) < 4.78 is 17.0. The molecular formula is C13H19NO2S. The van der Waals surface area contributed by atoms with Crippen LogP contribution in [0.5, 0.6) is 5.75 Å². The molecule has 1 aliphatic heterocycles. The molecule has 0 amide bonds. The molecule has 2 rings (SSSR count). The number of ether oxygens (including phenoxy) is 1. The summed E-state index contributed by atoms with van der Waals surface area (Å²) in [5.74, 6) is 1.31. The van der Waals surface area contributed by atoms with Gasteiger partial charge < -0.3 is 10.1 Å². The molecule has 1 saturated heterocycles. The van der Waals surface area contributed by atoms with Crippen LogP contribution in [-0.4, -0.2) is 30.7 Å². The third-order valence-corrected chi connectivity index (χ3v) is 4.28. The number of nitrogens with one attached hydrogen (secondary N) is 1. The van der Waals surface area contributed by atoms with Crippen molar-refractivity contribution in [3.8, 4) is 5.75 Å². The molecule has 94 valence electrons. The van der Waals surface area contributed by atoms with Gasteiger partial charge in [0.05, 0.1) is 17.9 Å². The van der Waals surface area contributed by atoms with E-state index >= 15 is 0 Å². The third kappa shape index (κ3) is 2.87. The van der Waals surface area contributed by atoms with E-state index in [1.807, 2.05) is 12.1 Å². The molecule has 1 heterocycles. The first kappa shape index (κ1) is 12.6. The number of benzene rings is 1. The zero-order valence-corrected chi connectivity index (χ0v) is 11.2. The molecule has 1 aromatic carbocycles. The summed E-state index contributed by atoms with van der Waals surface area (Å²) in [7, 11) is 0.686. The molecule has 1 unspecified atom stereocenters. The monoisotopic (exact) mass is 253 g/mol. The van der Waals surface area contributed by atoms with E-state index in [1.54, 1.807) is 13.4 Å². The Labute approximate surface area is 105 Å². The van der Waals surface area contributed by atoms with E-state index in [9.17, 15) is 4.21 Å². The molecule has 3 nitrogen and oxygen atoms in total. The molecule has 4 heteroatoms. The third-order valence-electron chi connectivity index (χ3n) is 3.31. The van der Waals surface area contributed by atoms with Gasteiger partial charge in [-0.2, -0.15) is 0 Å². The second-order valence-corrected chi connectivity index (χ2v) is 5.73. The molecule has 17 heavy (non-hydrogen) atoms. The lowest BCUT2D eigenvalue weighted by Crippen LogP contribution is -2.27. The van der Waals surface area contributed by atoms with E-state index < -0.39 is 10.8 Å². The first-order chi connectivity index (χ1) is 8.22. The SMILES string of the molecule is COc1ccc(C2CCNCC2)c(S(C)=O)c1. The summed E-state index contributed by atoms with van der Waals surface area (Å²) in [6, 6.07) is 5.95. The smallest absolute Gasteiger partial charge is 0.120 e. The van der Waals surface area contributed by atoms with E-state index in [-0.39, 0.29) is 0 Å². The number of methoxy groups -OCH3 is 1. The van der Waals surface area contributed by atoms with Gasteiger partial charge in [0.1, 0.15) is 5.75 Å². The number of piperidine rings is 1. The van der Waals surface area contributed by atoms with Gasteiger partial charge in [0.25, 0.3) is 0 Å². The highest BCUT2D eigenvalue weighted by molar-refractivity contribution is 7.84. The molecule has 1 N–H and O–H groups in total. The molecule has 1 atom stereocenters. The maximum atomic E-state index is 11.8. The molecule has 0 spiro atoms. The average Bonchev–Trinajstić information content (AvgIpc) is 2.39. The fourth-order valence-corrected chi connectivity index (χ4v) is 3.21. The maximum absolute atomic E-state index is 11.8. The summed E-state index contributed by atoms with van der Waals surface area (Å²) in [5.41, 5.74) is 1.23. The molecule has 0 aromatic heterocycles. The number of rotatable bonds is 3. The minimum atomic E-state index is -0.954. The molecule has 0 aliphatic carbocycles. The highest BCUT2D eigenvalue weighted by Gasteiger charge is 2.19. The van der Waals surface area contributed by atoms with Gasteiger partial charge in [-0.25, -0.2) is 0 Å². The van der Waals surface area contributed by atoms with Crippen molar-refractivity contribution in [1.29, 1.82) is 0 Å². The van der Waals surface area contributed by atoms with Gasteiger partial charge >= 0.3 is 0 Å². The van der Waals surface area contributed by atoms with Gasteiger partial charge in [0.15, 0.2) is 0 Å². The predicted molar refractivity (Wildman–Crippen MR) is 70.2 cm³/mol. The Morgan fingerprint density at radius 3 is 2.65 bits per heavy atom. The fraction of sp³-hybridized carbons (Fsp3) is 0.538. The van der Waals surface area contributed by atoms with Crippen LogP contribution in [0.25, 0.3) is 0 Å². The lowest BCUT2D eigenvalue weighted by Gasteiger charge is -2.24. The second-order valence-electron chi connectivity index (χ2n) is 4.38. The van der Waals surface area contributed by atoms with Crippen molar-refractivity contribution in [3.63, 3.8) is 0 Å². The van der Waals surface area contributed by atoms with Crippen molar-refractivity contribution >= 4 is 10.8 Å². The standard InChI is InChI=1S/C13H19NO2S/c1-16-11-3-4-12(13(9-11)17(2)15)10-5-7-14-8-6-10/h3-4,9-10,14H,5-8H2,1-2H3. The maximum Gasteiger partial charge on any atom is 0.120 e. The summed E-state index contributed by atoms with van der Waals surface area (Å²) >= 11 is 0. The van der Waals surface area contributed by atoms with Crippen LogP contribution in [0.15, 0.2) is 23.1 Å². The Morgan fingerprint density at radius 2 is 2.06 bits per heavy atom. The van der Waals surface area contributed by atoms with Crippen LogP contribution in [0.2, 0.25) is 0 Å². The zero-order valence-electron chi connectivity index (χ0n) is 10.4. The summed E-state index contributed by atoms with van der Waals surface area (Å²) in [6.07, 6.45) is 3.98. The van der Waals surface area contributed by atoms with E-state index in [0.717, 1.165) is 36.6 Å². The highest BCUT2D eigenvalue weighted by Crippen LogP contribution is 2.31. The Hall–Kier alpha value is -0.870. The molecule has 0 saturated carbocycles. The summed E-state index contributed by atoms with van der Waals surface area (Å²) in [5, 5.41) is 3.36. The minimum absolute atomic E-state index is 0.529. The van der Waals surface area contributed by atoms with Crippen LogP contribution < -0.4 is 10.1 Å². The van der Waals surface area contributed by atoms with Crippen molar-refractivity contribution in [2.24, 2.45) is 0 Å². The van der Waals surface area contributed by atoms with Crippen LogP contribution in [0, 0.1) is 0 Å². The molecule has 1 aliphatic rings. The van der Waals surface area contributed by atoms with Crippen LogP contribution >= 0.6 is 0 Å². The van der Waals surface area contributed by atoms with Crippen molar-refractivity contribution in [1.82, 2.24) is 5.32 Å². The minimum Gasteiger partial charge on any atom is -0.497 e. The average molecular weight is 253 g/mol. The summed E-state index contributed by atoms with van der Waals surface area (Å²) in [4.78, 5) is 0.927. The van der Waals surface area contributed by atoms with Crippen molar-refractivity contribution in [2.45, 2.75) is 23.7 Å². The van der Waals surface area contributed by atoms with Crippen LogP contribution in [-0.2, 0) is 10.8 Å². The highest BCUT2D eigenvalue weighted by atomic mass is 32.2. The van der Waals surface area contributed by atoms with Crippen molar-refractivity contribution in [3.05, 3.63) is 23.8 Å². The fourth-order valence-electron chi connectivity index (χ4n) is 2.36. The van der Waals surface area contributed by atoms with E-state index in [1.165, 1.54) is 5.56 Å². The van der Waals surface area contributed by atoms with Gasteiger partial charge in [-0.3, -0.25) is 4.21 Å². The van der Waals surface area contributed by atoms with E-state index in [4.69, 9.17) is 4.74 Å². The van der Waals surface area contributed by atoms with Gasteiger partial charge in [-0.15, -0.1) is 0 Å². The van der Waals surface area contributed by atoms with E-state index in [0.29, 0.717) is 5.92 Å². The molecular weight excluding hydrogens is 234 g/mol. The lowest BCUT2D eigenvalue weighted by molar-refractivity contribution is 0.411. The van der Waals surface area contributed by atoms with Gasteiger partial charge in [-0.05, 0) is 49.5 Å². The first-order valence-electron chi connectivity index (χ1n) is 5.94.